The molecule has 12 N–H and O–H groups in total. The van der Waals surface area contributed by atoms with Crippen LogP contribution in [0.3, 0.4) is 0 Å². The maximum atomic E-state index is 13.5. The van der Waals surface area contributed by atoms with Crippen LogP contribution in [-0.2, 0) is 33.2 Å². The number of amides is 1. The van der Waals surface area contributed by atoms with Crippen molar-refractivity contribution >= 4 is 5.91 Å². The van der Waals surface area contributed by atoms with Gasteiger partial charge in [-0.15, -0.1) is 0 Å². The molecule has 3 rings (SSSR count). The van der Waals surface area contributed by atoms with Gasteiger partial charge in [0.25, 0.3) is 0 Å². The Kier molecular flexibility index (Phi) is 68.4. The van der Waals surface area contributed by atoms with E-state index in [1.54, 1.807) is 6.08 Å². The second-order valence-corrected chi connectivity index (χ2v) is 33.8. The molecule has 3 heterocycles. The van der Waals surface area contributed by atoms with E-state index in [9.17, 15) is 61.0 Å². The summed E-state index contributed by atoms with van der Waals surface area (Å²) in [5.74, 6) is -0.268. The number of hydrogen-bond donors (Lipinski definition) is 12. The monoisotopic (exact) mass is 1610 g/mol. The highest BCUT2D eigenvalue weighted by Gasteiger charge is 2.54. The summed E-state index contributed by atoms with van der Waals surface area (Å²) >= 11 is 0. The lowest BCUT2D eigenvalue weighted by molar-refractivity contribution is -0.379. The predicted molar refractivity (Wildman–Crippen MR) is 457 cm³/mol. The largest absolute Gasteiger partial charge is 0.394 e. The summed E-state index contributed by atoms with van der Waals surface area (Å²) in [7, 11) is 0. The third kappa shape index (κ3) is 51.9. The van der Waals surface area contributed by atoms with Crippen LogP contribution in [0.2, 0.25) is 0 Å². The Balaban J connectivity index is 1.31. The number of rotatable bonds is 78. The zero-order valence-corrected chi connectivity index (χ0v) is 71.9. The first-order chi connectivity index (χ1) is 55.3. The molecule has 0 aromatic rings. The summed E-state index contributed by atoms with van der Waals surface area (Å²) in [6.07, 6.45) is 69.9. The van der Waals surface area contributed by atoms with Gasteiger partial charge in [0.05, 0.1) is 38.6 Å². The minimum absolute atomic E-state index is 0.246. The molecule has 0 aliphatic carbocycles. The molecule has 17 unspecified atom stereocenters. The standard InChI is InChI=1S/C94H175NO18/c1-3-5-7-9-11-13-15-17-19-21-23-25-27-29-31-33-35-37-38-40-42-44-46-48-50-52-54-56-58-60-62-64-66-68-70-72-82(100)95-77(78(99)71-69-67-65-63-61-59-57-55-53-51-49-47-45-43-41-39-36-34-32-30-28-26-24-22-20-18-16-14-12-10-8-6-4-2)76-108-92-88(106)85(103)90(80(74-97)110-92)113-94-89(107)86(104)91(81(75-98)111-94)112-93-87(105)84(102)83(101)79(73-96)109-93/h15,17,21,23,27,29,69,71,77-81,83-94,96-99,101-107H,3-14,16,18-20,22,24-26,28,30-68,70,72-76H2,1-2H3,(H,95,100)/b17-15-,23-21-,29-27-,71-69+. The molecule has 0 saturated carbocycles. The Labute approximate surface area is 688 Å². The second kappa shape index (κ2) is 73.7. The zero-order valence-electron chi connectivity index (χ0n) is 71.9. The topological polar surface area (TPSA) is 307 Å². The van der Waals surface area contributed by atoms with E-state index in [1.807, 2.05) is 6.08 Å². The Bertz CT molecular complexity index is 2220. The molecule has 0 bridgehead atoms. The molecule has 17 atom stereocenters. The van der Waals surface area contributed by atoms with E-state index in [4.69, 9.17) is 28.4 Å². The average molecular weight is 1610 g/mol. The number of aliphatic hydroxyl groups excluding tert-OH is 11. The van der Waals surface area contributed by atoms with E-state index < -0.39 is 124 Å². The fraction of sp³-hybridized carbons (Fsp3) is 0.904. The summed E-state index contributed by atoms with van der Waals surface area (Å²) < 4.78 is 34.6. The molecule has 0 aromatic heterocycles. The van der Waals surface area contributed by atoms with Crippen molar-refractivity contribution in [2.75, 3.05) is 26.4 Å². The highest BCUT2D eigenvalue weighted by Crippen LogP contribution is 2.34. The van der Waals surface area contributed by atoms with Crippen molar-refractivity contribution in [3.8, 4) is 0 Å². The third-order valence-corrected chi connectivity index (χ3v) is 23.6. The summed E-state index contributed by atoms with van der Waals surface area (Å²) in [4.78, 5) is 13.5. The van der Waals surface area contributed by atoms with Crippen molar-refractivity contribution in [1.29, 1.82) is 0 Å². The Morgan fingerprint density at radius 1 is 0.319 bits per heavy atom. The minimum atomic E-state index is -1.98. The fourth-order valence-corrected chi connectivity index (χ4v) is 16.1. The molecule has 1 amide bonds. The summed E-state index contributed by atoms with van der Waals surface area (Å²) in [5.41, 5.74) is 0. The molecule has 113 heavy (non-hydrogen) atoms. The maximum Gasteiger partial charge on any atom is 0.220 e. The Hall–Kier alpha value is -2.25. The molecule has 3 aliphatic heterocycles. The van der Waals surface area contributed by atoms with Crippen LogP contribution >= 0.6 is 0 Å². The number of carbonyl (C=O) groups is 1. The van der Waals surface area contributed by atoms with Crippen LogP contribution in [0.4, 0.5) is 0 Å². The second-order valence-electron chi connectivity index (χ2n) is 33.8. The molecule has 3 aliphatic rings. The lowest BCUT2D eigenvalue weighted by Gasteiger charge is -2.48. The van der Waals surface area contributed by atoms with Gasteiger partial charge in [-0.3, -0.25) is 4.79 Å². The first kappa shape index (κ1) is 105. The smallest absolute Gasteiger partial charge is 0.220 e. The molecule has 3 saturated heterocycles. The number of ether oxygens (including phenoxy) is 6. The van der Waals surface area contributed by atoms with Gasteiger partial charge in [-0.2, -0.15) is 0 Å². The van der Waals surface area contributed by atoms with E-state index in [2.05, 4.69) is 55.6 Å². The van der Waals surface area contributed by atoms with E-state index in [0.29, 0.717) is 6.42 Å². The molecular weight excluding hydrogens is 1430 g/mol. The van der Waals surface area contributed by atoms with Crippen molar-refractivity contribution < 1.29 is 89.4 Å². The molecule has 0 radical (unpaired) electrons. The first-order valence-electron chi connectivity index (χ1n) is 47.4. The molecule has 3 fully saturated rings. The molecule has 19 nitrogen and oxygen atoms in total. The van der Waals surface area contributed by atoms with Crippen LogP contribution in [0.25, 0.3) is 0 Å². The average Bonchev–Trinajstić information content (AvgIpc) is 0.780. The van der Waals surface area contributed by atoms with Crippen molar-refractivity contribution in [3.05, 3.63) is 48.6 Å². The van der Waals surface area contributed by atoms with E-state index in [1.165, 1.54) is 327 Å². The van der Waals surface area contributed by atoms with Crippen LogP contribution in [0.5, 0.6) is 0 Å². The van der Waals surface area contributed by atoms with Crippen molar-refractivity contribution in [2.24, 2.45) is 0 Å². The normalized spacial score (nSPS) is 25.0. The van der Waals surface area contributed by atoms with Gasteiger partial charge < -0.3 is 89.9 Å². The van der Waals surface area contributed by atoms with Gasteiger partial charge in [0.2, 0.25) is 5.91 Å². The number of unbranched alkanes of at least 4 members (excludes halogenated alkanes) is 56. The van der Waals surface area contributed by atoms with E-state index in [0.717, 1.165) is 57.8 Å². The quantitative estimate of drug-likeness (QED) is 0.0199. The highest BCUT2D eigenvalue weighted by molar-refractivity contribution is 5.76. The SMILES string of the molecule is CCCCCCC/C=C\C/C=C\C/C=C\CCCCCCCCCCCCCCCCCCCCCCC(=O)NC(COC1OC(CO)C(OC2OC(CO)C(OC3OC(CO)C(O)C(O)C3O)C(O)C2O)C(O)C1O)C(O)/C=C/CCCCCCCCCCCCCCCCCCCCCCCCCCCCCCCCC. The Morgan fingerprint density at radius 2 is 0.584 bits per heavy atom. The number of carbonyl (C=O) groups excluding carboxylic acids is 1. The Morgan fingerprint density at radius 3 is 0.912 bits per heavy atom. The molecule has 19 heteroatoms. The summed E-state index contributed by atoms with van der Waals surface area (Å²) in [6, 6.07) is -0.975. The van der Waals surface area contributed by atoms with Gasteiger partial charge in [-0.25, -0.2) is 0 Å². The van der Waals surface area contributed by atoms with Crippen LogP contribution < -0.4 is 5.32 Å². The lowest BCUT2D eigenvalue weighted by atomic mass is 9.96. The minimum Gasteiger partial charge on any atom is -0.394 e. The number of hydrogen-bond acceptors (Lipinski definition) is 18. The van der Waals surface area contributed by atoms with Gasteiger partial charge >= 0.3 is 0 Å². The zero-order chi connectivity index (χ0) is 81.7. The lowest BCUT2D eigenvalue weighted by Crippen LogP contribution is -2.66. The first-order valence-corrected chi connectivity index (χ1v) is 47.4. The van der Waals surface area contributed by atoms with Crippen molar-refractivity contribution in [1.82, 2.24) is 5.32 Å². The van der Waals surface area contributed by atoms with Crippen LogP contribution in [0.1, 0.15) is 412 Å². The summed E-state index contributed by atoms with van der Waals surface area (Å²) in [6.45, 7) is 1.80. The molecule has 0 aromatic carbocycles. The van der Waals surface area contributed by atoms with Crippen molar-refractivity contribution in [2.45, 2.75) is 516 Å². The van der Waals surface area contributed by atoms with Crippen LogP contribution in [0.15, 0.2) is 48.6 Å². The molecule has 664 valence electrons. The fourth-order valence-electron chi connectivity index (χ4n) is 16.1. The van der Waals surface area contributed by atoms with E-state index >= 15 is 0 Å². The molecule has 0 spiro atoms. The third-order valence-electron chi connectivity index (χ3n) is 23.6. The van der Waals surface area contributed by atoms with Gasteiger partial charge in [0.15, 0.2) is 18.9 Å². The summed E-state index contributed by atoms with van der Waals surface area (Å²) in [5, 5.41) is 121. The maximum absolute atomic E-state index is 13.5. The van der Waals surface area contributed by atoms with E-state index in [-0.39, 0.29) is 18.9 Å². The van der Waals surface area contributed by atoms with Gasteiger partial charge in [-0.05, 0) is 57.8 Å². The van der Waals surface area contributed by atoms with Crippen LogP contribution in [0, 0.1) is 0 Å². The van der Waals surface area contributed by atoms with Crippen LogP contribution in [-0.4, -0.2) is 193 Å². The van der Waals surface area contributed by atoms with Crippen molar-refractivity contribution in [3.63, 3.8) is 0 Å². The molecular formula is C94H175NO18. The number of nitrogens with one attached hydrogen (secondary N) is 1. The van der Waals surface area contributed by atoms with Gasteiger partial charge in [-0.1, -0.05) is 396 Å². The number of allylic oxidation sites excluding steroid dienone is 7. The highest BCUT2D eigenvalue weighted by atomic mass is 16.8. The van der Waals surface area contributed by atoms with Gasteiger partial charge in [0, 0.05) is 6.42 Å². The van der Waals surface area contributed by atoms with Gasteiger partial charge in [0.1, 0.15) is 73.2 Å². The predicted octanol–water partition coefficient (Wildman–Crippen LogP) is 18.7. The number of aliphatic hydroxyl groups is 11.